The molecule has 0 spiro atoms. The van der Waals surface area contributed by atoms with Gasteiger partial charge < -0.3 is 5.11 Å². The molecule has 0 saturated heterocycles. The van der Waals surface area contributed by atoms with E-state index in [4.69, 9.17) is 0 Å². The van der Waals surface area contributed by atoms with Gasteiger partial charge in [0.25, 0.3) is 0 Å². The number of carbonyl (C=O) groups is 2. The maximum atomic E-state index is 12.2. The van der Waals surface area contributed by atoms with E-state index in [9.17, 15) is 14.7 Å². The summed E-state index contributed by atoms with van der Waals surface area (Å²) >= 11 is 3.30. The number of nitrogens with zero attached hydrogens (tertiary/aromatic N) is 2. The Morgan fingerprint density at radius 2 is 1.90 bits per heavy atom. The number of halogens is 1. The molecule has 1 heterocycles. The number of benzene rings is 1. The maximum Gasteiger partial charge on any atom is 0.328 e. The van der Waals surface area contributed by atoms with Gasteiger partial charge in [0.1, 0.15) is 0 Å². The molecule has 2 aromatic rings. The van der Waals surface area contributed by atoms with Crippen LogP contribution in [0.5, 0.6) is 0 Å². The highest BCUT2D eigenvalue weighted by Gasteiger charge is 2.26. The van der Waals surface area contributed by atoms with E-state index < -0.39 is 12.0 Å². The van der Waals surface area contributed by atoms with Gasteiger partial charge in [0, 0.05) is 22.2 Å². The van der Waals surface area contributed by atoms with Crippen molar-refractivity contribution in [3.05, 3.63) is 51.8 Å². The number of carbonyl (C=O) groups excluding carboxylic acids is 1. The molecule has 1 N–H and O–H groups in total. The minimum absolute atomic E-state index is 0.126. The second-order valence-electron chi connectivity index (χ2n) is 4.86. The van der Waals surface area contributed by atoms with E-state index in [0.717, 1.165) is 15.9 Å². The molecular weight excluding hydrogens is 336 g/mol. The lowest BCUT2D eigenvalue weighted by atomic mass is 10.0. The van der Waals surface area contributed by atoms with Crippen molar-refractivity contribution in [1.29, 1.82) is 0 Å². The number of Topliss-reactive ketones (excluding diaryl/α,β-unsaturated/α-hetero) is 1. The van der Waals surface area contributed by atoms with Gasteiger partial charge in [-0.25, -0.2) is 4.79 Å². The lowest BCUT2D eigenvalue weighted by Crippen LogP contribution is -2.24. The van der Waals surface area contributed by atoms with Crippen molar-refractivity contribution in [3.8, 4) is 0 Å². The lowest BCUT2D eigenvalue weighted by Gasteiger charge is -2.14. The van der Waals surface area contributed by atoms with Crippen LogP contribution in [-0.2, 0) is 4.79 Å². The molecule has 0 amide bonds. The number of aryl methyl sites for hydroxylation is 2. The average Bonchev–Trinajstić information content (AvgIpc) is 2.75. The lowest BCUT2D eigenvalue weighted by molar-refractivity contribution is -0.141. The molecule has 0 aliphatic heterocycles. The first-order chi connectivity index (χ1) is 9.88. The number of carboxylic acid groups (broad SMARTS) is 1. The standard InChI is InChI=1S/C15H15BrN2O3/c1-9-7-10(2)18(17-9)13(15(20)21)8-14(19)11-3-5-12(16)6-4-11/h3-7,13H,8H2,1-2H3,(H,20,21)/t13-/m1/s1. The van der Waals surface area contributed by atoms with Crippen LogP contribution in [0.1, 0.15) is 34.2 Å². The Morgan fingerprint density at radius 3 is 2.38 bits per heavy atom. The first kappa shape index (κ1) is 15.4. The molecule has 6 heteroatoms. The van der Waals surface area contributed by atoms with Crippen LogP contribution in [0.4, 0.5) is 0 Å². The molecule has 0 bridgehead atoms. The van der Waals surface area contributed by atoms with E-state index in [1.165, 1.54) is 4.68 Å². The number of ketones is 1. The molecular formula is C15H15BrN2O3. The maximum absolute atomic E-state index is 12.2. The zero-order chi connectivity index (χ0) is 15.6. The molecule has 0 unspecified atom stereocenters. The smallest absolute Gasteiger partial charge is 0.328 e. The molecule has 1 atom stereocenters. The van der Waals surface area contributed by atoms with Gasteiger partial charge in [0.05, 0.1) is 5.69 Å². The minimum Gasteiger partial charge on any atom is -0.480 e. The fourth-order valence-corrected chi connectivity index (χ4v) is 2.43. The molecule has 1 aromatic heterocycles. The van der Waals surface area contributed by atoms with Crippen LogP contribution in [0.15, 0.2) is 34.8 Å². The Labute approximate surface area is 130 Å². The van der Waals surface area contributed by atoms with E-state index in [1.54, 1.807) is 44.2 Å². The highest BCUT2D eigenvalue weighted by atomic mass is 79.9. The molecule has 2 rings (SSSR count). The molecule has 5 nitrogen and oxygen atoms in total. The van der Waals surface area contributed by atoms with Crippen molar-refractivity contribution < 1.29 is 14.7 Å². The van der Waals surface area contributed by atoms with Gasteiger partial charge >= 0.3 is 5.97 Å². The van der Waals surface area contributed by atoms with Crippen LogP contribution in [0.3, 0.4) is 0 Å². The second-order valence-corrected chi connectivity index (χ2v) is 5.78. The summed E-state index contributed by atoms with van der Waals surface area (Å²) in [7, 11) is 0. The fraction of sp³-hybridized carbons (Fsp3) is 0.267. The normalized spacial score (nSPS) is 12.1. The van der Waals surface area contributed by atoms with Gasteiger partial charge in [-0.2, -0.15) is 5.10 Å². The number of carboxylic acids is 1. The molecule has 1 aromatic carbocycles. The van der Waals surface area contributed by atoms with Crippen molar-refractivity contribution >= 4 is 27.7 Å². The highest BCUT2D eigenvalue weighted by Crippen LogP contribution is 2.19. The number of hydrogen-bond acceptors (Lipinski definition) is 3. The Morgan fingerprint density at radius 1 is 1.29 bits per heavy atom. The van der Waals surface area contributed by atoms with Crippen LogP contribution >= 0.6 is 15.9 Å². The Kier molecular flexibility index (Phi) is 4.57. The van der Waals surface area contributed by atoms with E-state index in [1.807, 2.05) is 0 Å². The van der Waals surface area contributed by atoms with Gasteiger partial charge in [0.15, 0.2) is 11.8 Å². The first-order valence-electron chi connectivity index (χ1n) is 6.43. The molecule has 110 valence electrons. The van der Waals surface area contributed by atoms with Crippen molar-refractivity contribution in [3.63, 3.8) is 0 Å². The quantitative estimate of drug-likeness (QED) is 0.840. The zero-order valence-corrected chi connectivity index (χ0v) is 13.3. The minimum atomic E-state index is -1.06. The van der Waals surface area contributed by atoms with Crippen LogP contribution in [-0.4, -0.2) is 26.6 Å². The summed E-state index contributed by atoms with van der Waals surface area (Å²) in [4.78, 5) is 23.7. The van der Waals surface area contributed by atoms with Crippen LogP contribution in [0.2, 0.25) is 0 Å². The Bertz CT molecular complexity index is 677. The van der Waals surface area contributed by atoms with Gasteiger partial charge in [-0.3, -0.25) is 9.48 Å². The summed E-state index contributed by atoms with van der Waals surface area (Å²) in [6.07, 6.45) is -0.126. The number of aliphatic carboxylic acids is 1. The topological polar surface area (TPSA) is 72.2 Å². The third-order valence-electron chi connectivity index (χ3n) is 3.17. The SMILES string of the molecule is Cc1cc(C)n([C@H](CC(=O)c2ccc(Br)cc2)C(=O)O)n1. The molecule has 0 radical (unpaired) electrons. The Balaban J connectivity index is 2.24. The number of rotatable bonds is 5. The van der Waals surface area contributed by atoms with Gasteiger partial charge in [-0.05, 0) is 32.0 Å². The zero-order valence-electron chi connectivity index (χ0n) is 11.7. The van der Waals surface area contributed by atoms with Crippen LogP contribution in [0.25, 0.3) is 0 Å². The first-order valence-corrected chi connectivity index (χ1v) is 7.22. The van der Waals surface area contributed by atoms with Crippen molar-refractivity contribution in [2.75, 3.05) is 0 Å². The van der Waals surface area contributed by atoms with Crippen molar-refractivity contribution in [1.82, 2.24) is 9.78 Å². The Hall–Kier alpha value is -1.95. The third kappa shape index (κ3) is 3.58. The molecule has 0 aliphatic rings. The molecule has 0 aliphatic carbocycles. The average molecular weight is 351 g/mol. The van der Waals surface area contributed by atoms with Crippen molar-refractivity contribution in [2.45, 2.75) is 26.3 Å². The van der Waals surface area contributed by atoms with Gasteiger partial charge in [-0.1, -0.05) is 28.1 Å². The number of hydrogen-bond donors (Lipinski definition) is 1. The second kappa shape index (κ2) is 6.22. The van der Waals surface area contributed by atoms with Gasteiger partial charge in [-0.15, -0.1) is 0 Å². The number of aromatic nitrogens is 2. The van der Waals surface area contributed by atoms with Crippen molar-refractivity contribution in [2.24, 2.45) is 0 Å². The van der Waals surface area contributed by atoms with E-state index in [2.05, 4.69) is 21.0 Å². The van der Waals surface area contributed by atoms with E-state index >= 15 is 0 Å². The third-order valence-corrected chi connectivity index (χ3v) is 3.70. The summed E-state index contributed by atoms with van der Waals surface area (Å²) in [6.45, 7) is 3.57. The van der Waals surface area contributed by atoms with Crippen LogP contribution in [0, 0.1) is 13.8 Å². The summed E-state index contributed by atoms with van der Waals surface area (Å²) in [6, 6.07) is 7.66. The largest absolute Gasteiger partial charge is 0.480 e. The van der Waals surface area contributed by atoms with E-state index in [-0.39, 0.29) is 12.2 Å². The summed E-state index contributed by atoms with van der Waals surface area (Å²) in [5, 5.41) is 13.5. The van der Waals surface area contributed by atoms with Crippen LogP contribution < -0.4 is 0 Å². The monoisotopic (exact) mass is 350 g/mol. The highest BCUT2D eigenvalue weighted by molar-refractivity contribution is 9.10. The fourth-order valence-electron chi connectivity index (χ4n) is 2.17. The van der Waals surface area contributed by atoms with Gasteiger partial charge in [0.2, 0.25) is 0 Å². The summed E-state index contributed by atoms with van der Waals surface area (Å²) in [5.41, 5.74) is 1.95. The van der Waals surface area contributed by atoms with E-state index in [0.29, 0.717) is 5.56 Å². The predicted molar refractivity (Wildman–Crippen MR) is 81.5 cm³/mol. The summed E-state index contributed by atoms with van der Waals surface area (Å²) in [5.74, 6) is -1.28. The predicted octanol–water partition coefficient (Wildman–Crippen LogP) is 3.16. The molecule has 0 fully saturated rings. The summed E-state index contributed by atoms with van der Waals surface area (Å²) < 4.78 is 2.27. The molecule has 0 saturated carbocycles. The molecule has 21 heavy (non-hydrogen) atoms.